The molecule has 0 aromatic heterocycles. The second kappa shape index (κ2) is 5.19. The van der Waals surface area contributed by atoms with Gasteiger partial charge in [0.15, 0.2) is 0 Å². The molecule has 0 aliphatic heterocycles. The largest absolute Gasteiger partial charge is 0.481 e. The average Bonchev–Trinajstić information content (AvgIpc) is 2.94. The van der Waals surface area contributed by atoms with Crippen LogP contribution in [0.1, 0.15) is 20.3 Å². The highest BCUT2D eigenvalue weighted by molar-refractivity contribution is 5.87. The highest BCUT2D eigenvalue weighted by atomic mass is 16.4. The van der Waals surface area contributed by atoms with E-state index in [1.807, 2.05) is 26.0 Å². The molecule has 4 atom stereocenters. The number of aliphatic carboxylic acids is 1. The Hall–Kier alpha value is -1.58. The molecule has 0 heterocycles. The maximum Gasteiger partial charge on any atom is 0.307 e. The molecule has 0 aromatic rings. The van der Waals surface area contributed by atoms with Crippen LogP contribution in [-0.2, 0) is 9.59 Å². The summed E-state index contributed by atoms with van der Waals surface area (Å²) < 4.78 is 0. The highest BCUT2D eigenvalue weighted by Crippen LogP contribution is 2.48. The van der Waals surface area contributed by atoms with Crippen LogP contribution in [0.3, 0.4) is 0 Å². The molecule has 0 radical (unpaired) electrons. The van der Waals surface area contributed by atoms with E-state index >= 15 is 0 Å². The van der Waals surface area contributed by atoms with Gasteiger partial charge in [0.05, 0.1) is 11.8 Å². The van der Waals surface area contributed by atoms with Crippen LogP contribution in [0.4, 0.5) is 0 Å². The fourth-order valence-electron chi connectivity index (χ4n) is 3.38. The maximum atomic E-state index is 12.6. The molecule has 0 aromatic carbocycles. The zero-order valence-corrected chi connectivity index (χ0v) is 11.5. The fraction of sp³-hybridized carbons (Fsp3) is 0.600. The first kappa shape index (κ1) is 13.8. The van der Waals surface area contributed by atoms with Crippen molar-refractivity contribution < 1.29 is 14.7 Å². The molecule has 2 aliphatic carbocycles. The number of nitrogens with zero attached hydrogens (tertiary/aromatic N) is 1. The van der Waals surface area contributed by atoms with E-state index in [1.54, 1.807) is 4.90 Å². The van der Waals surface area contributed by atoms with E-state index in [0.29, 0.717) is 13.1 Å². The number of carbonyl (C=O) groups is 2. The zero-order valence-electron chi connectivity index (χ0n) is 11.5. The van der Waals surface area contributed by atoms with E-state index in [9.17, 15) is 14.7 Å². The molecule has 0 spiro atoms. The van der Waals surface area contributed by atoms with Gasteiger partial charge in [-0.3, -0.25) is 9.59 Å². The number of allylic oxidation sites excluding steroid dienone is 2. The third-order valence-electron chi connectivity index (χ3n) is 4.18. The van der Waals surface area contributed by atoms with Crippen LogP contribution < -0.4 is 0 Å². The summed E-state index contributed by atoms with van der Waals surface area (Å²) in [6.45, 7) is 8.73. The van der Waals surface area contributed by atoms with Crippen LogP contribution in [0.25, 0.3) is 0 Å². The molecule has 1 amide bonds. The lowest BCUT2D eigenvalue weighted by atomic mass is 9.82. The van der Waals surface area contributed by atoms with Gasteiger partial charge in [0.1, 0.15) is 0 Å². The highest BCUT2D eigenvalue weighted by Gasteiger charge is 2.52. The van der Waals surface area contributed by atoms with Crippen molar-refractivity contribution in [1.82, 2.24) is 4.90 Å². The Morgan fingerprint density at radius 1 is 1.32 bits per heavy atom. The Kier molecular flexibility index (Phi) is 3.78. The number of fused-ring (bicyclic) bond motifs is 2. The summed E-state index contributed by atoms with van der Waals surface area (Å²) in [5.41, 5.74) is 0.917. The lowest BCUT2D eigenvalue weighted by Gasteiger charge is -2.30. The van der Waals surface area contributed by atoms with Gasteiger partial charge in [-0.1, -0.05) is 24.3 Å². The first-order valence-corrected chi connectivity index (χ1v) is 6.80. The summed E-state index contributed by atoms with van der Waals surface area (Å²) in [6, 6.07) is 0. The molecule has 2 aliphatic rings. The van der Waals surface area contributed by atoms with Crippen molar-refractivity contribution in [3.05, 3.63) is 24.3 Å². The minimum atomic E-state index is -0.846. The first-order valence-electron chi connectivity index (χ1n) is 6.80. The smallest absolute Gasteiger partial charge is 0.307 e. The average molecular weight is 263 g/mol. The molecule has 104 valence electrons. The quantitative estimate of drug-likeness (QED) is 0.771. The number of likely N-dealkylation sites (N-methyl/N-ethyl adjacent to an activating group) is 1. The predicted molar refractivity (Wildman–Crippen MR) is 72.4 cm³/mol. The maximum absolute atomic E-state index is 12.6. The lowest BCUT2D eigenvalue weighted by molar-refractivity contribution is -0.150. The number of carbonyl (C=O) groups excluding carboxylic acids is 1. The second-order valence-electron chi connectivity index (χ2n) is 5.65. The first-order chi connectivity index (χ1) is 8.95. The zero-order chi connectivity index (χ0) is 14.2. The molecule has 1 N–H and O–H groups in total. The third kappa shape index (κ3) is 2.44. The third-order valence-corrected chi connectivity index (χ3v) is 4.18. The van der Waals surface area contributed by atoms with E-state index in [-0.39, 0.29) is 17.7 Å². The monoisotopic (exact) mass is 263 g/mol. The number of carboxylic acids is 1. The summed E-state index contributed by atoms with van der Waals surface area (Å²) in [5, 5.41) is 9.37. The number of amides is 1. The summed E-state index contributed by atoms with van der Waals surface area (Å²) in [5.74, 6) is -1.71. The number of carboxylic acid groups (broad SMARTS) is 1. The van der Waals surface area contributed by atoms with Gasteiger partial charge in [-0.15, -0.1) is 0 Å². The molecule has 2 bridgehead atoms. The van der Waals surface area contributed by atoms with E-state index < -0.39 is 17.8 Å². The van der Waals surface area contributed by atoms with Gasteiger partial charge in [-0.05, 0) is 32.1 Å². The van der Waals surface area contributed by atoms with Crippen molar-refractivity contribution in [2.45, 2.75) is 20.3 Å². The van der Waals surface area contributed by atoms with Crippen LogP contribution in [0.15, 0.2) is 24.3 Å². The molecule has 4 heteroatoms. The van der Waals surface area contributed by atoms with Crippen molar-refractivity contribution >= 4 is 11.9 Å². The molecule has 1 fully saturated rings. The minimum Gasteiger partial charge on any atom is -0.481 e. The van der Waals surface area contributed by atoms with Gasteiger partial charge in [0.2, 0.25) is 5.91 Å². The Balaban J connectivity index is 2.19. The summed E-state index contributed by atoms with van der Waals surface area (Å²) in [7, 11) is 0. The summed E-state index contributed by atoms with van der Waals surface area (Å²) in [6.07, 6.45) is 4.78. The van der Waals surface area contributed by atoms with Gasteiger partial charge < -0.3 is 10.0 Å². The van der Waals surface area contributed by atoms with Crippen LogP contribution in [-0.4, -0.2) is 35.0 Å². The van der Waals surface area contributed by atoms with Crippen LogP contribution in [0.5, 0.6) is 0 Å². The SMILES string of the molecule is C=C(C)CN(CC)C(=O)C1C2C=CC(C2)C1C(=O)O. The Bertz CT molecular complexity index is 441. The molecule has 0 saturated heterocycles. The van der Waals surface area contributed by atoms with Crippen molar-refractivity contribution in [1.29, 1.82) is 0 Å². The molecular weight excluding hydrogens is 242 g/mol. The van der Waals surface area contributed by atoms with Crippen LogP contribution >= 0.6 is 0 Å². The Morgan fingerprint density at radius 2 is 1.89 bits per heavy atom. The van der Waals surface area contributed by atoms with Gasteiger partial charge in [0.25, 0.3) is 0 Å². The molecule has 4 nitrogen and oxygen atoms in total. The standard InChI is InChI=1S/C15H21NO3/c1-4-16(8-9(2)3)14(17)12-10-5-6-11(7-10)13(12)15(18)19/h5-6,10-13H,2,4,7-8H2,1,3H3,(H,18,19). The fourth-order valence-corrected chi connectivity index (χ4v) is 3.38. The van der Waals surface area contributed by atoms with Gasteiger partial charge in [-0.25, -0.2) is 0 Å². The Morgan fingerprint density at radius 3 is 2.37 bits per heavy atom. The van der Waals surface area contributed by atoms with Gasteiger partial charge in [0, 0.05) is 13.1 Å². The molecule has 2 rings (SSSR count). The van der Waals surface area contributed by atoms with Crippen molar-refractivity contribution in [3.63, 3.8) is 0 Å². The van der Waals surface area contributed by atoms with E-state index in [4.69, 9.17) is 0 Å². The van der Waals surface area contributed by atoms with Crippen LogP contribution in [0, 0.1) is 23.7 Å². The van der Waals surface area contributed by atoms with Crippen molar-refractivity contribution in [3.8, 4) is 0 Å². The number of rotatable bonds is 5. The molecule has 1 saturated carbocycles. The van der Waals surface area contributed by atoms with Gasteiger partial charge in [-0.2, -0.15) is 0 Å². The molecular formula is C15H21NO3. The van der Waals surface area contributed by atoms with E-state index in [1.165, 1.54) is 0 Å². The summed E-state index contributed by atoms with van der Waals surface area (Å²) in [4.78, 5) is 25.7. The van der Waals surface area contributed by atoms with Gasteiger partial charge >= 0.3 is 5.97 Å². The summed E-state index contributed by atoms with van der Waals surface area (Å²) >= 11 is 0. The molecule has 19 heavy (non-hydrogen) atoms. The van der Waals surface area contributed by atoms with Crippen molar-refractivity contribution in [2.75, 3.05) is 13.1 Å². The topological polar surface area (TPSA) is 57.6 Å². The molecule has 4 unspecified atom stereocenters. The lowest BCUT2D eigenvalue weighted by Crippen LogP contribution is -2.43. The van der Waals surface area contributed by atoms with Crippen molar-refractivity contribution in [2.24, 2.45) is 23.7 Å². The minimum absolute atomic E-state index is 0.0278. The van der Waals surface area contributed by atoms with E-state index in [0.717, 1.165) is 12.0 Å². The normalized spacial score (nSPS) is 31.5. The second-order valence-corrected chi connectivity index (χ2v) is 5.65. The van der Waals surface area contributed by atoms with E-state index in [2.05, 4.69) is 6.58 Å². The number of hydrogen-bond acceptors (Lipinski definition) is 2. The number of hydrogen-bond donors (Lipinski definition) is 1. The Labute approximate surface area is 113 Å². The predicted octanol–water partition coefficient (Wildman–Crippen LogP) is 1.93. The van der Waals surface area contributed by atoms with Crippen LogP contribution in [0.2, 0.25) is 0 Å².